The average molecular weight is 253 g/mol. The minimum atomic E-state index is -0.607. The maximum atomic E-state index is 11.3. The summed E-state index contributed by atoms with van der Waals surface area (Å²) in [6.07, 6.45) is 0. The Kier molecular flexibility index (Phi) is 5.06. The molecule has 1 unspecified atom stereocenters. The number of nitro groups is 1. The van der Waals surface area contributed by atoms with Gasteiger partial charge >= 0.3 is 5.97 Å². The Balaban J connectivity index is 2.63. The first-order valence-corrected chi connectivity index (χ1v) is 5.47. The van der Waals surface area contributed by atoms with Gasteiger partial charge < -0.3 is 10.2 Å². The summed E-state index contributed by atoms with van der Waals surface area (Å²) in [6.45, 7) is 3.59. The van der Waals surface area contributed by atoms with Crippen molar-refractivity contribution in [1.29, 1.82) is 0 Å². The van der Waals surface area contributed by atoms with E-state index in [1.807, 2.05) is 0 Å². The van der Waals surface area contributed by atoms with E-state index >= 15 is 0 Å². The SMILES string of the molecule is CCOC(=O)C(C)NNc1ccccc1[N+](=O)[O-]. The summed E-state index contributed by atoms with van der Waals surface area (Å²) in [5, 5.41) is 10.7. The van der Waals surface area contributed by atoms with Gasteiger partial charge in [0, 0.05) is 6.07 Å². The van der Waals surface area contributed by atoms with E-state index in [0.29, 0.717) is 5.69 Å². The first kappa shape index (κ1) is 13.9. The van der Waals surface area contributed by atoms with Crippen LogP contribution in [0, 0.1) is 10.1 Å². The fraction of sp³-hybridized carbons (Fsp3) is 0.364. The molecule has 1 aromatic rings. The Labute approximate surface area is 104 Å². The molecule has 0 saturated carbocycles. The van der Waals surface area contributed by atoms with Crippen LogP contribution in [0.15, 0.2) is 24.3 Å². The van der Waals surface area contributed by atoms with Gasteiger partial charge in [-0.15, -0.1) is 0 Å². The molecule has 0 spiro atoms. The molecule has 0 aromatic heterocycles. The summed E-state index contributed by atoms with van der Waals surface area (Å²) in [6, 6.07) is 5.54. The zero-order valence-corrected chi connectivity index (χ0v) is 10.2. The molecule has 7 nitrogen and oxygen atoms in total. The minimum absolute atomic E-state index is 0.0685. The quantitative estimate of drug-likeness (QED) is 0.453. The van der Waals surface area contributed by atoms with Gasteiger partial charge in [-0.1, -0.05) is 12.1 Å². The number of ether oxygens (including phenoxy) is 1. The van der Waals surface area contributed by atoms with Gasteiger partial charge in [0.1, 0.15) is 11.7 Å². The number of benzene rings is 1. The number of carbonyl (C=O) groups excluding carboxylic acids is 1. The van der Waals surface area contributed by atoms with E-state index in [0.717, 1.165) is 0 Å². The third-order valence-electron chi connectivity index (χ3n) is 2.16. The molecule has 18 heavy (non-hydrogen) atoms. The van der Waals surface area contributed by atoms with Gasteiger partial charge in [-0.25, -0.2) is 5.43 Å². The summed E-state index contributed by atoms with van der Waals surface area (Å²) in [5.41, 5.74) is 5.51. The van der Waals surface area contributed by atoms with Crippen molar-refractivity contribution in [3.8, 4) is 0 Å². The fourth-order valence-electron chi connectivity index (χ4n) is 1.25. The Bertz CT molecular complexity index is 436. The van der Waals surface area contributed by atoms with Crippen LogP contribution in [0.3, 0.4) is 0 Å². The highest BCUT2D eigenvalue weighted by Gasteiger charge is 2.16. The number of nitro benzene ring substituents is 1. The number of para-hydroxylation sites is 2. The molecule has 1 atom stereocenters. The monoisotopic (exact) mass is 253 g/mol. The summed E-state index contributed by atoms with van der Waals surface area (Å²) in [4.78, 5) is 21.6. The topological polar surface area (TPSA) is 93.5 Å². The second-order valence-electron chi connectivity index (χ2n) is 3.52. The van der Waals surface area contributed by atoms with Crippen molar-refractivity contribution in [2.75, 3.05) is 12.0 Å². The third kappa shape index (κ3) is 3.70. The summed E-state index contributed by atoms with van der Waals surface area (Å²) < 4.78 is 4.79. The number of nitrogens with one attached hydrogen (secondary N) is 2. The zero-order valence-electron chi connectivity index (χ0n) is 10.2. The Morgan fingerprint density at radius 2 is 2.17 bits per heavy atom. The van der Waals surface area contributed by atoms with Crippen LogP contribution < -0.4 is 10.9 Å². The van der Waals surface area contributed by atoms with Gasteiger partial charge in [-0.3, -0.25) is 14.9 Å². The Hall–Kier alpha value is -2.15. The highest BCUT2D eigenvalue weighted by atomic mass is 16.6. The average Bonchev–Trinajstić information content (AvgIpc) is 2.36. The molecule has 0 heterocycles. The van der Waals surface area contributed by atoms with Gasteiger partial charge in [0.2, 0.25) is 0 Å². The lowest BCUT2D eigenvalue weighted by Gasteiger charge is -2.14. The fourth-order valence-corrected chi connectivity index (χ4v) is 1.25. The molecule has 2 N–H and O–H groups in total. The van der Waals surface area contributed by atoms with Gasteiger partial charge in [0.25, 0.3) is 5.69 Å². The smallest absolute Gasteiger partial charge is 0.324 e. The summed E-state index contributed by atoms with van der Waals surface area (Å²) >= 11 is 0. The number of carbonyl (C=O) groups is 1. The normalized spacial score (nSPS) is 11.7. The van der Waals surface area contributed by atoms with Crippen LogP contribution in [-0.2, 0) is 9.53 Å². The molecule has 0 bridgehead atoms. The van der Waals surface area contributed by atoms with E-state index in [-0.39, 0.29) is 12.3 Å². The number of hydrazine groups is 1. The van der Waals surface area contributed by atoms with Crippen LogP contribution in [0.2, 0.25) is 0 Å². The zero-order chi connectivity index (χ0) is 13.5. The number of nitrogens with zero attached hydrogens (tertiary/aromatic N) is 1. The maximum absolute atomic E-state index is 11.3. The third-order valence-corrected chi connectivity index (χ3v) is 2.16. The Morgan fingerprint density at radius 3 is 2.78 bits per heavy atom. The van der Waals surface area contributed by atoms with E-state index in [1.165, 1.54) is 6.07 Å². The summed E-state index contributed by atoms with van der Waals surface area (Å²) in [7, 11) is 0. The van der Waals surface area contributed by atoms with Crippen molar-refractivity contribution in [3.05, 3.63) is 34.4 Å². The first-order chi connectivity index (χ1) is 8.56. The van der Waals surface area contributed by atoms with Crippen LogP contribution in [0.5, 0.6) is 0 Å². The van der Waals surface area contributed by atoms with Crippen molar-refractivity contribution < 1.29 is 14.5 Å². The molecule has 0 amide bonds. The van der Waals surface area contributed by atoms with Crippen LogP contribution in [-0.4, -0.2) is 23.5 Å². The van der Waals surface area contributed by atoms with Crippen molar-refractivity contribution in [1.82, 2.24) is 5.43 Å². The second kappa shape index (κ2) is 6.55. The second-order valence-corrected chi connectivity index (χ2v) is 3.52. The van der Waals surface area contributed by atoms with Crippen LogP contribution in [0.4, 0.5) is 11.4 Å². The predicted molar refractivity (Wildman–Crippen MR) is 65.9 cm³/mol. The molecular formula is C11H15N3O4. The number of esters is 1. The molecule has 0 aliphatic heterocycles. The van der Waals surface area contributed by atoms with Gasteiger partial charge in [-0.05, 0) is 19.9 Å². The molecule has 0 saturated heterocycles. The van der Waals surface area contributed by atoms with Crippen molar-refractivity contribution in [3.63, 3.8) is 0 Å². The van der Waals surface area contributed by atoms with Gasteiger partial charge in [0.15, 0.2) is 0 Å². The largest absolute Gasteiger partial charge is 0.465 e. The lowest BCUT2D eigenvalue weighted by atomic mass is 10.3. The molecule has 7 heteroatoms. The lowest BCUT2D eigenvalue weighted by molar-refractivity contribution is -0.384. The predicted octanol–water partition coefficient (Wildman–Crippen LogP) is 1.46. The van der Waals surface area contributed by atoms with Crippen molar-refractivity contribution in [2.45, 2.75) is 19.9 Å². The number of hydrogen-bond acceptors (Lipinski definition) is 6. The lowest BCUT2D eigenvalue weighted by Crippen LogP contribution is -2.39. The molecule has 1 aromatic carbocycles. The first-order valence-electron chi connectivity index (χ1n) is 5.47. The molecule has 0 fully saturated rings. The van der Waals surface area contributed by atoms with Gasteiger partial charge in [0.05, 0.1) is 11.5 Å². The van der Waals surface area contributed by atoms with Crippen LogP contribution in [0.1, 0.15) is 13.8 Å². The number of rotatable bonds is 6. The molecule has 0 aliphatic carbocycles. The molecule has 98 valence electrons. The van der Waals surface area contributed by atoms with Crippen LogP contribution >= 0.6 is 0 Å². The van der Waals surface area contributed by atoms with Crippen molar-refractivity contribution >= 4 is 17.3 Å². The number of hydrogen-bond donors (Lipinski definition) is 2. The standard InChI is InChI=1S/C11H15N3O4/c1-3-18-11(15)8(2)12-13-9-6-4-5-7-10(9)14(16)17/h4-8,12-13H,3H2,1-2H3. The maximum Gasteiger partial charge on any atom is 0.324 e. The molecule has 0 radical (unpaired) electrons. The van der Waals surface area contributed by atoms with E-state index in [4.69, 9.17) is 4.74 Å². The number of anilines is 1. The summed E-state index contributed by atoms with van der Waals surface area (Å²) in [5.74, 6) is -0.427. The Morgan fingerprint density at radius 1 is 1.50 bits per heavy atom. The van der Waals surface area contributed by atoms with Gasteiger partial charge in [-0.2, -0.15) is 0 Å². The van der Waals surface area contributed by atoms with E-state index < -0.39 is 16.9 Å². The molecular weight excluding hydrogens is 238 g/mol. The minimum Gasteiger partial charge on any atom is -0.465 e. The van der Waals surface area contributed by atoms with E-state index in [9.17, 15) is 14.9 Å². The van der Waals surface area contributed by atoms with Crippen molar-refractivity contribution in [2.24, 2.45) is 0 Å². The highest BCUT2D eigenvalue weighted by molar-refractivity contribution is 5.75. The van der Waals surface area contributed by atoms with E-state index in [1.54, 1.807) is 32.0 Å². The van der Waals surface area contributed by atoms with Crippen LogP contribution in [0.25, 0.3) is 0 Å². The molecule has 0 aliphatic rings. The van der Waals surface area contributed by atoms with E-state index in [2.05, 4.69) is 10.9 Å². The highest BCUT2D eigenvalue weighted by Crippen LogP contribution is 2.22. The molecule has 1 rings (SSSR count).